The molecule has 2 rings (SSSR count). The molecule has 1 N–H and O–H groups in total. The van der Waals surface area contributed by atoms with Crippen LogP contribution in [0.3, 0.4) is 0 Å². The van der Waals surface area contributed by atoms with E-state index in [2.05, 4.69) is 10.3 Å². The minimum atomic E-state index is -0.519. The first-order valence-corrected chi connectivity index (χ1v) is 6.62. The van der Waals surface area contributed by atoms with Gasteiger partial charge in [0.2, 0.25) is 0 Å². The van der Waals surface area contributed by atoms with Gasteiger partial charge in [-0.2, -0.15) is 0 Å². The lowest BCUT2D eigenvalue weighted by molar-refractivity contribution is 0.0944. The second-order valence-corrected chi connectivity index (χ2v) is 5.34. The van der Waals surface area contributed by atoms with E-state index < -0.39 is 11.2 Å². The fourth-order valence-electron chi connectivity index (χ4n) is 2.20. The lowest BCUT2D eigenvalue weighted by Gasteiger charge is -2.13. The molecule has 0 fully saturated rings. The van der Waals surface area contributed by atoms with Crippen molar-refractivity contribution in [2.24, 2.45) is 14.1 Å². The molecule has 0 aliphatic heterocycles. The van der Waals surface area contributed by atoms with Crippen LogP contribution in [0.2, 0.25) is 0 Å². The van der Waals surface area contributed by atoms with Gasteiger partial charge in [-0.3, -0.25) is 18.7 Å². The molecule has 1 amide bonds. The molecule has 112 valence electrons. The third-order valence-corrected chi connectivity index (χ3v) is 3.20. The predicted molar refractivity (Wildman–Crippen MR) is 79.6 cm³/mol. The molecule has 0 radical (unpaired) electrons. The molecule has 0 saturated heterocycles. The van der Waals surface area contributed by atoms with E-state index in [0.717, 1.165) is 4.57 Å². The van der Waals surface area contributed by atoms with Crippen molar-refractivity contribution in [1.29, 1.82) is 0 Å². The molecular formula is C14H18N4O3. The highest BCUT2D eigenvalue weighted by molar-refractivity contribution is 6.05. The van der Waals surface area contributed by atoms with Crippen LogP contribution in [0.15, 0.2) is 15.7 Å². The lowest BCUT2D eigenvalue weighted by Crippen LogP contribution is -2.39. The van der Waals surface area contributed by atoms with E-state index in [1.54, 1.807) is 13.0 Å². The summed E-state index contributed by atoms with van der Waals surface area (Å²) >= 11 is 0. The predicted octanol–water partition coefficient (Wildman–Crippen LogP) is 0.0788. The SMILES string of the molecule is Cc1cc(C(=O)NC(C)C)c2c(=O)n(C)c(=O)n(C)c2n1. The maximum atomic E-state index is 12.4. The molecule has 0 bridgehead atoms. The number of amides is 1. The number of pyridine rings is 1. The highest BCUT2D eigenvalue weighted by Crippen LogP contribution is 2.13. The Labute approximate surface area is 121 Å². The zero-order chi connectivity index (χ0) is 15.9. The highest BCUT2D eigenvalue weighted by Gasteiger charge is 2.19. The first kappa shape index (κ1) is 15.0. The van der Waals surface area contributed by atoms with Gasteiger partial charge in [0.1, 0.15) is 5.65 Å². The molecule has 0 aromatic carbocycles. The van der Waals surface area contributed by atoms with E-state index >= 15 is 0 Å². The Morgan fingerprint density at radius 1 is 1.24 bits per heavy atom. The van der Waals surface area contributed by atoms with Crippen molar-refractivity contribution in [2.45, 2.75) is 26.8 Å². The number of fused-ring (bicyclic) bond motifs is 1. The molecule has 2 aromatic heterocycles. The molecule has 0 saturated carbocycles. The second kappa shape index (κ2) is 5.16. The van der Waals surface area contributed by atoms with Gasteiger partial charge in [-0.25, -0.2) is 9.78 Å². The molecule has 2 aromatic rings. The van der Waals surface area contributed by atoms with Crippen LogP contribution in [0.1, 0.15) is 29.9 Å². The molecule has 0 aliphatic carbocycles. The molecule has 2 heterocycles. The Morgan fingerprint density at radius 2 is 1.86 bits per heavy atom. The van der Waals surface area contributed by atoms with Crippen LogP contribution in [-0.4, -0.2) is 26.1 Å². The molecule has 0 aliphatic rings. The molecular weight excluding hydrogens is 272 g/mol. The minimum Gasteiger partial charge on any atom is -0.350 e. The van der Waals surface area contributed by atoms with Crippen LogP contribution >= 0.6 is 0 Å². The maximum Gasteiger partial charge on any atom is 0.332 e. The largest absolute Gasteiger partial charge is 0.350 e. The van der Waals surface area contributed by atoms with Gasteiger partial charge in [0.25, 0.3) is 11.5 Å². The van der Waals surface area contributed by atoms with Crippen LogP contribution in [0.4, 0.5) is 0 Å². The van der Waals surface area contributed by atoms with Crippen molar-refractivity contribution in [3.8, 4) is 0 Å². The van der Waals surface area contributed by atoms with Gasteiger partial charge in [-0.15, -0.1) is 0 Å². The Hall–Kier alpha value is -2.44. The summed E-state index contributed by atoms with van der Waals surface area (Å²) in [7, 11) is 2.91. The van der Waals surface area contributed by atoms with E-state index in [1.165, 1.54) is 18.7 Å². The van der Waals surface area contributed by atoms with Gasteiger partial charge in [0.15, 0.2) is 0 Å². The second-order valence-electron chi connectivity index (χ2n) is 5.34. The summed E-state index contributed by atoms with van der Waals surface area (Å²) in [5.74, 6) is -0.351. The number of carbonyl (C=O) groups is 1. The average Bonchev–Trinajstić information content (AvgIpc) is 2.41. The number of hydrogen-bond acceptors (Lipinski definition) is 4. The Bertz CT molecular complexity index is 846. The number of carbonyl (C=O) groups excluding carboxylic acids is 1. The monoisotopic (exact) mass is 290 g/mol. The number of aromatic nitrogens is 3. The minimum absolute atomic E-state index is 0.0580. The van der Waals surface area contributed by atoms with Gasteiger partial charge in [-0.1, -0.05) is 0 Å². The van der Waals surface area contributed by atoms with Crippen LogP contribution in [0, 0.1) is 6.92 Å². The summed E-state index contributed by atoms with van der Waals surface area (Å²) in [4.78, 5) is 40.8. The molecule has 7 nitrogen and oxygen atoms in total. The van der Waals surface area contributed by atoms with Crippen molar-refractivity contribution in [1.82, 2.24) is 19.4 Å². The summed E-state index contributed by atoms with van der Waals surface area (Å²) in [6.45, 7) is 5.39. The fourth-order valence-corrected chi connectivity index (χ4v) is 2.20. The van der Waals surface area contributed by atoms with Crippen molar-refractivity contribution in [3.05, 3.63) is 38.2 Å². The zero-order valence-corrected chi connectivity index (χ0v) is 12.7. The molecule has 7 heteroatoms. The molecule has 0 unspecified atom stereocenters. The Morgan fingerprint density at radius 3 is 2.43 bits per heavy atom. The van der Waals surface area contributed by atoms with E-state index in [0.29, 0.717) is 5.69 Å². The van der Waals surface area contributed by atoms with Crippen molar-refractivity contribution >= 4 is 16.9 Å². The van der Waals surface area contributed by atoms with Gasteiger partial charge in [0, 0.05) is 25.8 Å². The Balaban J connectivity index is 2.93. The zero-order valence-electron chi connectivity index (χ0n) is 12.7. The van der Waals surface area contributed by atoms with E-state index in [-0.39, 0.29) is 28.5 Å². The summed E-state index contributed by atoms with van der Waals surface area (Å²) in [6.07, 6.45) is 0. The van der Waals surface area contributed by atoms with Crippen LogP contribution < -0.4 is 16.6 Å². The lowest BCUT2D eigenvalue weighted by atomic mass is 10.1. The number of rotatable bonds is 2. The first-order chi connectivity index (χ1) is 9.73. The summed E-state index contributed by atoms with van der Waals surface area (Å²) < 4.78 is 2.25. The molecule has 0 spiro atoms. The topological polar surface area (TPSA) is 86.0 Å². The summed E-state index contributed by atoms with van der Waals surface area (Å²) in [5.41, 5.74) is 0.0365. The van der Waals surface area contributed by atoms with Gasteiger partial charge < -0.3 is 5.32 Å². The quantitative estimate of drug-likeness (QED) is 0.848. The Kier molecular flexibility index (Phi) is 3.67. The molecule has 0 atom stereocenters. The number of nitrogens with zero attached hydrogens (tertiary/aromatic N) is 3. The third kappa shape index (κ3) is 2.46. The number of nitrogens with one attached hydrogen (secondary N) is 1. The van der Waals surface area contributed by atoms with Gasteiger partial charge in [0.05, 0.1) is 10.9 Å². The third-order valence-electron chi connectivity index (χ3n) is 3.20. The van der Waals surface area contributed by atoms with Crippen molar-refractivity contribution in [2.75, 3.05) is 0 Å². The van der Waals surface area contributed by atoms with Crippen LogP contribution in [0.25, 0.3) is 11.0 Å². The fraction of sp³-hybridized carbons (Fsp3) is 0.429. The van der Waals surface area contributed by atoms with Gasteiger partial charge in [-0.05, 0) is 26.8 Å². The van der Waals surface area contributed by atoms with Crippen LogP contribution in [0.5, 0.6) is 0 Å². The standard InChI is InChI=1S/C14H18N4O3/c1-7(2)15-12(19)9-6-8(3)16-11-10(9)13(20)18(5)14(21)17(11)4/h6-7H,1-5H3,(H,15,19). The van der Waals surface area contributed by atoms with Crippen molar-refractivity contribution in [3.63, 3.8) is 0 Å². The van der Waals surface area contributed by atoms with E-state index in [4.69, 9.17) is 0 Å². The smallest absolute Gasteiger partial charge is 0.332 e. The normalized spacial score (nSPS) is 11.1. The van der Waals surface area contributed by atoms with E-state index in [9.17, 15) is 14.4 Å². The summed E-state index contributed by atoms with van der Waals surface area (Å²) in [5, 5.41) is 2.91. The number of aryl methyl sites for hydroxylation is 2. The maximum absolute atomic E-state index is 12.4. The average molecular weight is 290 g/mol. The molecule has 21 heavy (non-hydrogen) atoms. The van der Waals surface area contributed by atoms with Crippen LogP contribution in [-0.2, 0) is 14.1 Å². The van der Waals surface area contributed by atoms with Gasteiger partial charge >= 0.3 is 5.69 Å². The highest BCUT2D eigenvalue weighted by atomic mass is 16.2. The van der Waals surface area contributed by atoms with E-state index in [1.807, 2.05) is 13.8 Å². The van der Waals surface area contributed by atoms with Crippen molar-refractivity contribution < 1.29 is 4.79 Å². The first-order valence-electron chi connectivity index (χ1n) is 6.62. The summed E-state index contributed by atoms with van der Waals surface area (Å²) in [6, 6.07) is 1.50. The number of hydrogen-bond donors (Lipinski definition) is 1.